The number of rotatable bonds is 7. The number of hydrogen-bond acceptors (Lipinski definition) is 3. The van der Waals surface area contributed by atoms with Crippen LogP contribution >= 0.6 is 0 Å². The maximum atomic E-state index is 12.2. The van der Waals surface area contributed by atoms with Crippen molar-refractivity contribution in [2.45, 2.75) is 26.3 Å². The largest absolute Gasteiger partial charge is 0.381 e. The molecule has 2 aromatic carbocycles. The van der Waals surface area contributed by atoms with Crippen molar-refractivity contribution in [1.29, 1.82) is 0 Å². The Morgan fingerprint density at radius 1 is 1.08 bits per heavy atom. The highest BCUT2D eigenvalue weighted by Gasteiger charge is 2.19. The number of anilines is 1. The molecule has 1 aliphatic heterocycles. The summed E-state index contributed by atoms with van der Waals surface area (Å²) in [5.74, 6) is 0.0741. The second-order valence-electron chi connectivity index (χ2n) is 6.66. The molecule has 0 aliphatic carbocycles. The van der Waals surface area contributed by atoms with Gasteiger partial charge in [-0.05, 0) is 43.2 Å². The third-order valence-electron chi connectivity index (χ3n) is 4.60. The highest BCUT2D eigenvalue weighted by molar-refractivity contribution is 5.94. The smallest absolute Gasteiger partial charge is 0.251 e. The number of likely N-dealkylation sites (tertiary alicyclic amines) is 1. The summed E-state index contributed by atoms with van der Waals surface area (Å²) >= 11 is 0. The first-order chi connectivity index (χ1) is 12.6. The number of nitrogens with one attached hydrogen (secondary N) is 2. The Morgan fingerprint density at radius 3 is 2.46 bits per heavy atom. The average molecular weight is 351 g/mol. The van der Waals surface area contributed by atoms with Crippen molar-refractivity contribution in [2.24, 2.45) is 0 Å². The van der Waals surface area contributed by atoms with Crippen LogP contribution in [0, 0.1) is 6.92 Å². The van der Waals surface area contributed by atoms with Gasteiger partial charge in [-0.1, -0.05) is 29.8 Å². The van der Waals surface area contributed by atoms with E-state index in [9.17, 15) is 9.59 Å². The van der Waals surface area contributed by atoms with Crippen molar-refractivity contribution in [3.8, 4) is 0 Å². The minimum Gasteiger partial charge on any atom is -0.381 e. The van der Waals surface area contributed by atoms with E-state index in [1.165, 1.54) is 11.1 Å². The van der Waals surface area contributed by atoms with Crippen LogP contribution in [0.1, 0.15) is 34.3 Å². The molecule has 1 aliphatic rings. The summed E-state index contributed by atoms with van der Waals surface area (Å²) in [6.45, 7) is 4.69. The van der Waals surface area contributed by atoms with Gasteiger partial charge >= 0.3 is 0 Å². The SMILES string of the molecule is Cc1ccc(CNc2ccc(C(=O)NCCN3CCCC3=O)cc2)cc1. The van der Waals surface area contributed by atoms with Crippen LogP contribution in [0.3, 0.4) is 0 Å². The van der Waals surface area contributed by atoms with Gasteiger partial charge < -0.3 is 15.5 Å². The normalized spacial score (nSPS) is 13.7. The monoisotopic (exact) mass is 351 g/mol. The Labute approximate surface area is 154 Å². The van der Waals surface area contributed by atoms with E-state index in [-0.39, 0.29) is 11.8 Å². The maximum Gasteiger partial charge on any atom is 0.251 e. The molecule has 3 rings (SSSR count). The fraction of sp³-hybridized carbons (Fsp3) is 0.333. The number of aryl methyl sites for hydroxylation is 1. The zero-order chi connectivity index (χ0) is 18.4. The second kappa shape index (κ2) is 8.52. The van der Waals surface area contributed by atoms with Crippen molar-refractivity contribution in [1.82, 2.24) is 10.2 Å². The molecule has 2 N–H and O–H groups in total. The van der Waals surface area contributed by atoms with Crippen molar-refractivity contribution in [3.63, 3.8) is 0 Å². The van der Waals surface area contributed by atoms with Crippen LogP contribution in [0.25, 0.3) is 0 Å². The molecule has 5 heteroatoms. The van der Waals surface area contributed by atoms with Gasteiger partial charge in [0.25, 0.3) is 5.91 Å². The van der Waals surface area contributed by atoms with Crippen molar-refractivity contribution >= 4 is 17.5 Å². The summed E-state index contributed by atoms with van der Waals surface area (Å²) < 4.78 is 0. The van der Waals surface area contributed by atoms with E-state index in [1.54, 1.807) is 4.90 Å². The third-order valence-corrected chi connectivity index (χ3v) is 4.60. The molecule has 1 fully saturated rings. The predicted molar refractivity (Wildman–Crippen MR) is 103 cm³/mol. The summed E-state index contributed by atoms with van der Waals surface area (Å²) in [5, 5.41) is 6.23. The summed E-state index contributed by atoms with van der Waals surface area (Å²) in [7, 11) is 0. The first-order valence-corrected chi connectivity index (χ1v) is 9.07. The van der Waals surface area contributed by atoms with Gasteiger partial charge in [0.15, 0.2) is 0 Å². The molecule has 0 unspecified atom stereocenters. The molecular weight excluding hydrogens is 326 g/mol. The molecule has 136 valence electrons. The van der Waals surface area contributed by atoms with Crippen LogP contribution in [-0.2, 0) is 11.3 Å². The van der Waals surface area contributed by atoms with Crippen LogP contribution in [-0.4, -0.2) is 36.3 Å². The van der Waals surface area contributed by atoms with Crippen LogP contribution < -0.4 is 10.6 Å². The van der Waals surface area contributed by atoms with E-state index < -0.39 is 0 Å². The standard InChI is InChI=1S/C21H25N3O2/c1-16-4-6-17(7-5-16)15-23-19-10-8-18(9-11-19)21(26)22-12-14-24-13-2-3-20(24)25/h4-11,23H,2-3,12-15H2,1H3,(H,22,26). The Kier molecular flexibility index (Phi) is 5.89. The molecule has 26 heavy (non-hydrogen) atoms. The number of amides is 2. The molecule has 1 heterocycles. The fourth-order valence-electron chi connectivity index (χ4n) is 3.00. The van der Waals surface area contributed by atoms with Crippen LogP contribution in [0.5, 0.6) is 0 Å². The predicted octanol–water partition coefficient (Wildman–Crippen LogP) is 2.96. The lowest BCUT2D eigenvalue weighted by Gasteiger charge is -2.15. The zero-order valence-electron chi connectivity index (χ0n) is 15.1. The second-order valence-corrected chi connectivity index (χ2v) is 6.66. The van der Waals surface area contributed by atoms with E-state index in [0.717, 1.165) is 25.2 Å². The molecule has 5 nitrogen and oxygen atoms in total. The van der Waals surface area contributed by atoms with E-state index in [0.29, 0.717) is 25.1 Å². The summed E-state index contributed by atoms with van der Waals surface area (Å²) in [6.07, 6.45) is 1.55. The Balaban J connectivity index is 1.44. The number of hydrogen-bond donors (Lipinski definition) is 2. The molecule has 2 aromatic rings. The minimum atomic E-state index is -0.110. The van der Waals surface area contributed by atoms with Gasteiger partial charge in [-0.25, -0.2) is 0 Å². The molecule has 0 radical (unpaired) electrons. The topological polar surface area (TPSA) is 61.4 Å². The van der Waals surface area contributed by atoms with Gasteiger partial charge in [-0.15, -0.1) is 0 Å². The van der Waals surface area contributed by atoms with E-state index in [2.05, 4.69) is 41.8 Å². The molecule has 2 amide bonds. The molecule has 0 saturated carbocycles. The van der Waals surface area contributed by atoms with Gasteiger partial charge in [0, 0.05) is 43.9 Å². The summed E-state index contributed by atoms with van der Waals surface area (Å²) in [6, 6.07) is 15.9. The van der Waals surface area contributed by atoms with Gasteiger partial charge in [0.2, 0.25) is 5.91 Å². The summed E-state index contributed by atoms with van der Waals surface area (Å²) in [4.78, 5) is 25.5. The van der Waals surface area contributed by atoms with Gasteiger partial charge in [0.1, 0.15) is 0 Å². The quantitative estimate of drug-likeness (QED) is 0.806. The molecule has 0 spiro atoms. The lowest BCUT2D eigenvalue weighted by molar-refractivity contribution is -0.127. The molecular formula is C21H25N3O2. The fourth-order valence-corrected chi connectivity index (χ4v) is 3.00. The van der Waals surface area contributed by atoms with E-state index >= 15 is 0 Å². The Hall–Kier alpha value is -2.82. The maximum absolute atomic E-state index is 12.2. The van der Waals surface area contributed by atoms with Gasteiger partial charge in [-0.2, -0.15) is 0 Å². The number of carbonyl (C=O) groups excluding carboxylic acids is 2. The highest BCUT2D eigenvalue weighted by Crippen LogP contribution is 2.12. The molecule has 0 bridgehead atoms. The Bertz CT molecular complexity index is 754. The average Bonchev–Trinajstić information content (AvgIpc) is 3.06. The lowest BCUT2D eigenvalue weighted by atomic mass is 10.1. The van der Waals surface area contributed by atoms with Crippen LogP contribution in [0.4, 0.5) is 5.69 Å². The Morgan fingerprint density at radius 2 is 1.81 bits per heavy atom. The minimum absolute atomic E-state index is 0.110. The first-order valence-electron chi connectivity index (χ1n) is 9.07. The van der Waals surface area contributed by atoms with E-state index in [4.69, 9.17) is 0 Å². The highest BCUT2D eigenvalue weighted by atomic mass is 16.2. The molecule has 0 atom stereocenters. The number of carbonyl (C=O) groups is 2. The van der Waals surface area contributed by atoms with Gasteiger partial charge in [-0.3, -0.25) is 9.59 Å². The zero-order valence-corrected chi connectivity index (χ0v) is 15.1. The molecule has 1 saturated heterocycles. The van der Waals surface area contributed by atoms with Gasteiger partial charge in [0.05, 0.1) is 0 Å². The van der Waals surface area contributed by atoms with E-state index in [1.807, 2.05) is 24.3 Å². The van der Waals surface area contributed by atoms with Crippen molar-refractivity contribution in [2.75, 3.05) is 25.0 Å². The number of benzene rings is 2. The van der Waals surface area contributed by atoms with Crippen LogP contribution in [0.2, 0.25) is 0 Å². The number of nitrogens with zero attached hydrogens (tertiary/aromatic N) is 1. The van der Waals surface area contributed by atoms with Crippen molar-refractivity contribution in [3.05, 3.63) is 65.2 Å². The lowest BCUT2D eigenvalue weighted by Crippen LogP contribution is -2.35. The first kappa shape index (κ1) is 18.0. The van der Waals surface area contributed by atoms with Crippen molar-refractivity contribution < 1.29 is 9.59 Å². The van der Waals surface area contributed by atoms with Crippen LogP contribution in [0.15, 0.2) is 48.5 Å². The summed E-state index contributed by atoms with van der Waals surface area (Å²) in [5.41, 5.74) is 4.07. The third kappa shape index (κ3) is 4.85. The molecule has 0 aromatic heterocycles.